The molecule has 0 saturated carbocycles. The van der Waals surface area contributed by atoms with Gasteiger partial charge in [0.05, 0.1) is 0 Å². The third-order valence-corrected chi connectivity index (χ3v) is 3.26. The summed E-state index contributed by atoms with van der Waals surface area (Å²) in [6.07, 6.45) is 7.44. The zero-order valence-corrected chi connectivity index (χ0v) is 10.2. The van der Waals surface area contributed by atoms with Crippen LogP contribution in [0.3, 0.4) is 0 Å². The Morgan fingerprint density at radius 3 is 2.56 bits per heavy atom. The number of likely N-dealkylation sites (tertiary alicyclic amines) is 1. The standard InChI is InChI=1S/C12H22N4/c1-2-11-13-12(15-14-11)7-10-16-8-5-3-4-6-9-16/h2-10H2,1H3,(H,13,14,15). The summed E-state index contributed by atoms with van der Waals surface area (Å²) in [5.74, 6) is 1.98. The molecule has 1 fully saturated rings. The minimum atomic E-state index is 0.917. The van der Waals surface area contributed by atoms with Gasteiger partial charge in [0.25, 0.3) is 0 Å². The Bertz CT molecular complexity index is 300. The molecule has 1 aromatic heterocycles. The smallest absolute Gasteiger partial charge is 0.150 e. The predicted molar refractivity (Wildman–Crippen MR) is 64.4 cm³/mol. The highest BCUT2D eigenvalue weighted by Crippen LogP contribution is 2.09. The van der Waals surface area contributed by atoms with Crippen molar-refractivity contribution in [1.82, 2.24) is 20.1 Å². The van der Waals surface area contributed by atoms with E-state index in [0.29, 0.717) is 0 Å². The van der Waals surface area contributed by atoms with Gasteiger partial charge in [0.15, 0.2) is 0 Å². The summed E-state index contributed by atoms with van der Waals surface area (Å²) < 4.78 is 0. The predicted octanol–water partition coefficient (Wildman–Crippen LogP) is 1.79. The molecule has 1 aliphatic heterocycles. The molecule has 4 nitrogen and oxygen atoms in total. The van der Waals surface area contributed by atoms with Crippen LogP contribution in [0.5, 0.6) is 0 Å². The van der Waals surface area contributed by atoms with E-state index in [0.717, 1.165) is 31.0 Å². The first-order chi connectivity index (χ1) is 7.88. The van der Waals surface area contributed by atoms with Crippen molar-refractivity contribution in [2.45, 2.75) is 45.4 Å². The molecule has 0 amide bonds. The highest BCUT2D eigenvalue weighted by atomic mass is 15.2. The lowest BCUT2D eigenvalue weighted by molar-refractivity contribution is 0.287. The second-order valence-electron chi connectivity index (χ2n) is 4.56. The average molecular weight is 222 g/mol. The van der Waals surface area contributed by atoms with Crippen LogP contribution in [0.15, 0.2) is 0 Å². The van der Waals surface area contributed by atoms with Crippen molar-refractivity contribution in [3.63, 3.8) is 0 Å². The SMILES string of the molecule is CCc1n[nH]c(CCN2CCCCCC2)n1. The minimum absolute atomic E-state index is 0.917. The van der Waals surface area contributed by atoms with Gasteiger partial charge in [-0.2, -0.15) is 5.10 Å². The van der Waals surface area contributed by atoms with Gasteiger partial charge in [-0.3, -0.25) is 5.10 Å². The van der Waals surface area contributed by atoms with Crippen LogP contribution in [0.25, 0.3) is 0 Å². The molecule has 1 aliphatic rings. The number of H-pyrrole nitrogens is 1. The molecular weight excluding hydrogens is 200 g/mol. The van der Waals surface area contributed by atoms with Crippen molar-refractivity contribution in [1.29, 1.82) is 0 Å². The van der Waals surface area contributed by atoms with Gasteiger partial charge in [0, 0.05) is 19.4 Å². The van der Waals surface area contributed by atoms with Crippen LogP contribution in [0.1, 0.15) is 44.3 Å². The number of nitrogens with one attached hydrogen (secondary N) is 1. The Labute approximate surface area is 97.5 Å². The van der Waals surface area contributed by atoms with E-state index >= 15 is 0 Å². The van der Waals surface area contributed by atoms with Crippen molar-refractivity contribution in [2.75, 3.05) is 19.6 Å². The molecule has 1 saturated heterocycles. The van der Waals surface area contributed by atoms with Crippen LogP contribution < -0.4 is 0 Å². The van der Waals surface area contributed by atoms with Gasteiger partial charge < -0.3 is 4.90 Å². The van der Waals surface area contributed by atoms with E-state index in [1.165, 1.54) is 38.8 Å². The van der Waals surface area contributed by atoms with Gasteiger partial charge in [-0.25, -0.2) is 4.98 Å². The van der Waals surface area contributed by atoms with Crippen molar-refractivity contribution >= 4 is 0 Å². The van der Waals surface area contributed by atoms with Crippen LogP contribution in [-0.4, -0.2) is 39.7 Å². The number of hydrogen-bond donors (Lipinski definition) is 1. The molecule has 0 aliphatic carbocycles. The van der Waals surface area contributed by atoms with Crippen molar-refractivity contribution in [2.24, 2.45) is 0 Å². The van der Waals surface area contributed by atoms with E-state index in [1.807, 2.05) is 0 Å². The molecule has 4 heteroatoms. The Morgan fingerprint density at radius 1 is 1.19 bits per heavy atom. The summed E-state index contributed by atoms with van der Waals surface area (Å²) in [6, 6.07) is 0. The second-order valence-corrected chi connectivity index (χ2v) is 4.56. The summed E-state index contributed by atoms with van der Waals surface area (Å²) in [6.45, 7) is 5.73. The zero-order valence-electron chi connectivity index (χ0n) is 10.2. The lowest BCUT2D eigenvalue weighted by Crippen LogP contribution is -2.27. The van der Waals surface area contributed by atoms with Crippen LogP contribution in [0, 0.1) is 0 Å². The molecule has 16 heavy (non-hydrogen) atoms. The molecule has 1 aromatic rings. The maximum atomic E-state index is 4.44. The fraction of sp³-hybridized carbons (Fsp3) is 0.833. The molecule has 1 N–H and O–H groups in total. The third kappa shape index (κ3) is 3.30. The van der Waals surface area contributed by atoms with Crippen molar-refractivity contribution in [3.05, 3.63) is 11.6 Å². The zero-order chi connectivity index (χ0) is 11.2. The van der Waals surface area contributed by atoms with E-state index in [2.05, 4.69) is 27.0 Å². The summed E-state index contributed by atoms with van der Waals surface area (Å²) in [5, 5.41) is 7.19. The van der Waals surface area contributed by atoms with Crippen LogP contribution in [-0.2, 0) is 12.8 Å². The number of nitrogens with zero attached hydrogens (tertiary/aromatic N) is 3. The first-order valence-corrected chi connectivity index (χ1v) is 6.51. The van der Waals surface area contributed by atoms with Gasteiger partial charge in [-0.1, -0.05) is 19.8 Å². The van der Waals surface area contributed by atoms with Crippen molar-refractivity contribution in [3.8, 4) is 0 Å². The maximum Gasteiger partial charge on any atom is 0.150 e. The largest absolute Gasteiger partial charge is 0.303 e. The Kier molecular flexibility index (Phi) is 4.34. The molecule has 0 spiro atoms. The first-order valence-electron chi connectivity index (χ1n) is 6.51. The van der Waals surface area contributed by atoms with Gasteiger partial charge in [-0.15, -0.1) is 0 Å². The van der Waals surface area contributed by atoms with E-state index in [-0.39, 0.29) is 0 Å². The van der Waals surface area contributed by atoms with E-state index in [1.54, 1.807) is 0 Å². The molecule has 0 unspecified atom stereocenters. The number of aromatic nitrogens is 3. The molecule has 0 atom stereocenters. The lowest BCUT2D eigenvalue weighted by Gasteiger charge is -2.18. The topological polar surface area (TPSA) is 44.8 Å². The van der Waals surface area contributed by atoms with Gasteiger partial charge in [0.1, 0.15) is 11.6 Å². The number of aromatic amines is 1. The summed E-state index contributed by atoms with van der Waals surface area (Å²) in [7, 11) is 0. The Hall–Kier alpha value is -0.900. The van der Waals surface area contributed by atoms with Crippen LogP contribution >= 0.6 is 0 Å². The number of aryl methyl sites for hydroxylation is 1. The molecular formula is C12H22N4. The Morgan fingerprint density at radius 2 is 1.94 bits per heavy atom. The molecule has 0 aromatic carbocycles. The van der Waals surface area contributed by atoms with Crippen molar-refractivity contribution < 1.29 is 0 Å². The maximum absolute atomic E-state index is 4.44. The van der Waals surface area contributed by atoms with Gasteiger partial charge in [0.2, 0.25) is 0 Å². The summed E-state index contributed by atoms with van der Waals surface area (Å²) in [4.78, 5) is 7.00. The van der Waals surface area contributed by atoms with E-state index < -0.39 is 0 Å². The summed E-state index contributed by atoms with van der Waals surface area (Å²) in [5.41, 5.74) is 0. The highest BCUT2D eigenvalue weighted by molar-refractivity contribution is 4.90. The number of hydrogen-bond acceptors (Lipinski definition) is 3. The molecule has 0 bridgehead atoms. The summed E-state index contributed by atoms with van der Waals surface area (Å²) >= 11 is 0. The van der Waals surface area contributed by atoms with Crippen LogP contribution in [0.2, 0.25) is 0 Å². The molecule has 90 valence electrons. The quantitative estimate of drug-likeness (QED) is 0.844. The number of rotatable bonds is 4. The fourth-order valence-corrected chi connectivity index (χ4v) is 2.23. The van der Waals surface area contributed by atoms with E-state index in [4.69, 9.17) is 0 Å². The highest BCUT2D eigenvalue weighted by Gasteiger charge is 2.09. The monoisotopic (exact) mass is 222 g/mol. The average Bonchev–Trinajstić information content (AvgIpc) is 2.61. The molecule has 2 rings (SSSR count). The molecule has 2 heterocycles. The normalized spacial score (nSPS) is 18.6. The van der Waals surface area contributed by atoms with Gasteiger partial charge >= 0.3 is 0 Å². The molecule has 0 radical (unpaired) electrons. The Balaban J connectivity index is 1.77. The first kappa shape index (κ1) is 11.6. The third-order valence-electron chi connectivity index (χ3n) is 3.26. The van der Waals surface area contributed by atoms with Crippen LogP contribution in [0.4, 0.5) is 0 Å². The lowest BCUT2D eigenvalue weighted by atomic mass is 10.2. The van der Waals surface area contributed by atoms with E-state index in [9.17, 15) is 0 Å². The van der Waals surface area contributed by atoms with Gasteiger partial charge in [-0.05, 0) is 25.9 Å². The minimum Gasteiger partial charge on any atom is -0.303 e. The fourth-order valence-electron chi connectivity index (χ4n) is 2.23. The second kappa shape index (κ2) is 5.99.